The van der Waals surface area contributed by atoms with Crippen molar-refractivity contribution < 1.29 is 4.79 Å². The first-order valence-corrected chi connectivity index (χ1v) is 6.59. The number of hydrogen-bond donors (Lipinski definition) is 1. The third-order valence-corrected chi connectivity index (χ3v) is 3.59. The molecule has 0 atom stereocenters. The molecule has 2 aromatic rings. The van der Waals surface area contributed by atoms with E-state index in [0.29, 0.717) is 6.42 Å². The van der Waals surface area contributed by atoms with Crippen molar-refractivity contribution in [1.29, 1.82) is 0 Å². The molecule has 0 saturated carbocycles. The molecule has 0 spiro atoms. The summed E-state index contributed by atoms with van der Waals surface area (Å²) in [4.78, 5) is 16.1. The van der Waals surface area contributed by atoms with Crippen LogP contribution in [-0.4, -0.2) is 10.8 Å². The van der Waals surface area contributed by atoms with Crippen LogP contribution in [0, 0.1) is 0 Å². The SMILES string of the molecule is CC1=C(Nc2cnc3ccccc3c2)CCCC1=O. The molecule has 1 aromatic heterocycles. The molecule has 0 fully saturated rings. The number of nitrogens with one attached hydrogen (secondary N) is 1. The summed E-state index contributed by atoms with van der Waals surface area (Å²) >= 11 is 0. The summed E-state index contributed by atoms with van der Waals surface area (Å²) in [6.45, 7) is 1.90. The number of hydrogen-bond acceptors (Lipinski definition) is 3. The van der Waals surface area contributed by atoms with E-state index in [1.165, 1.54) is 0 Å². The van der Waals surface area contributed by atoms with E-state index in [2.05, 4.69) is 16.4 Å². The summed E-state index contributed by atoms with van der Waals surface area (Å²) < 4.78 is 0. The fourth-order valence-electron chi connectivity index (χ4n) is 2.44. The molecule has 0 radical (unpaired) electrons. The average Bonchev–Trinajstić information content (AvgIpc) is 2.44. The number of carbonyl (C=O) groups excluding carboxylic acids is 1. The Hall–Kier alpha value is -2.16. The fraction of sp³-hybridized carbons (Fsp3) is 0.250. The van der Waals surface area contributed by atoms with Crippen molar-refractivity contribution in [3.05, 3.63) is 47.8 Å². The smallest absolute Gasteiger partial charge is 0.160 e. The lowest BCUT2D eigenvalue weighted by Gasteiger charge is -2.18. The van der Waals surface area contributed by atoms with Crippen LogP contribution >= 0.6 is 0 Å². The fourth-order valence-corrected chi connectivity index (χ4v) is 2.44. The molecule has 1 aromatic carbocycles. The van der Waals surface area contributed by atoms with Crippen molar-refractivity contribution in [1.82, 2.24) is 4.98 Å². The first kappa shape index (κ1) is 11.9. The zero-order valence-corrected chi connectivity index (χ0v) is 10.9. The molecule has 19 heavy (non-hydrogen) atoms. The van der Waals surface area contributed by atoms with Crippen LogP contribution in [0.5, 0.6) is 0 Å². The molecule has 0 aliphatic heterocycles. The van der Waals surface area contributed by atoms with Crippen LogP contribution in [0.15, 0.2) is 47.8 Å². The molecule has 3 rings (SSSR count). The second kappa shape index (κ2) is 4.84. The van der Waals surface area contributed by atoms with Gasteiger partial charge in [0, 0.05) is 23.1 Å². The molecule has 0 bridgehead atoms. The Morgan fingerprint density at radius 2 is 2.05 bits per heavy atom. The van der Waals surface area contributed by atoms with Crippen LogP contribution < -0.4 is 5.32 Å². The van der Waals surface area contributed by atoms with Gasteiger partial charge in [0.2, 0.25) is 0 Å². The quantitative estimate of drug-likeness (QED) is 0.886. The summed E-state index contributed by atoms with van der Waals surface area (Å²) in [6, 6.07) is 10.1. The highest BCUT2D eigenvalue weighted by Gasteiger charge is 2.16. The van der Waals surface area contributed by atoms with Gasteiger partial charge in [-0.2, -0.15) is 0 Å². The number of pyridine rings is 1. The van der Waals surface area contributed by atoms with Gasteiger partial charge in [0.25, 0.3) is 0 Å². The maximum Gasteiger partial charge on any atom is 0.160 e. The van der Waals surface area contributed by atoms with Gasteiger partial charge in [0.15, 0.2) is 5.78 Å². The summed E-state index contributed by atoms with van der Waals surface area (Å²) in [5.74, 6) is 0.252. The number of carbonyl (C=O) groups is 1. The van der Waals surface area contributed by atoms with Crippen LogP contribution in [0.1, 0.15) is 26.2 Å². The number of aromatic nitrogens is 1. The minimum absolute atomic E-state index is 0.252. The molecule has 3 nitrogen and oxygen atoms in total. The maximum absolute atomic E-state index is 11.7. The zero-order valence-electron chi connectivity index (χ0n) is 10.9. The van der Waals surface area contributed by atoms with Crippen molar-refractivity contribution in [3.63, 3.8) is 0 Å². The molecule has 96 valence electrons. The molecule has 0 unspecified atom stereocenters. The summed E-state index contributed by atoms with van der Waals surface area (Å²) in [6.07, 6.45) is 4.36. The number of anilines is 1. The molecular formula is C16H16N2O. The van der Waals surface area contributed by atoms with Crippen molar-refractivity contribution in [2.75, 3.05) is 5.32 Å². The predicted octanol–water partition coefficient (Wildman–Crippen LogP) is 3.67. The Bertz CT molecular complexity index is 673. The number of allylic oxidation sites excluding steroid dienone is 2. The number of fused-ring (bicyclic) bond motifs is 1. The Labute approximate surface area is 112 Å². The number of rotatable bonds is 2. The van der Waals surface area contributed by atoms with Gasteiger partial charge >= 0.3 is 0 Å². The number of Topliss-reactive ketones (excluding diaryl/α,β-unsaturated/α-hetero) is 1. The minimum atomic E-state index is 0.252. The predicted molar refractivity (Wildman–Crippen MR) is 76.9 cm³/mol. The summed E-state index contributed by atoms with van der Waals surface area (Å²) in [5.41, 5.74) is 3.83. The van der Waals surface area contributed by atoms with Gasteiger partial charge in [-0.3, -0.25) is 9.78 Å². The summed E-state index contributed by atoms with van der Waals surface area (Å²) in [7, 11) is 0. The van der Waals surface area contributed by atoms with E-state index >= 15 is 0 Å². The molecule has 0 saturated heterocycles. The van der Waals surface area contributed by atoms with Crippen LogP contribution in [0.4, 0.5) is 5.69 Å². The van der Waals surface area contributed by atoms with Gasteiger partial charge in [0.05, 0.1) is 17.4 Å². The normalized spacial score (nSPS) is 15.9. The van der Waals surface area contributed by atoms with Gasteiger partial charge in [-0.15, -0.1) is 0 Å². The van der Waals surface area contributed by atoms with Gasteiger partial charge in [0.1, 0.15) is 0 Å². The third-order valence-electron chi connectivity index (χ3n) is 3.59. The molecule has 1 aliphatic carbocycles. The topological polar surface area (TPSA) is 42.0 Å². The first-order valence-electron chi connectivity index (χ1n) is 6.59. The number of nitrogens with zero attached hydrogens (tertiary/aromatic N) is 1. The highest BCUT2D eigenvalue weighted by molar-refractivity contribution is 5.97. The zero-order chi connectivity index (χ0) is 13.2. The number of ketones is 1. The maximum atomic E-state index is 11.7. The van der Waals surface area contributed by atoms with Crippen molar-refractivity contribution in [2.24, 2.45) is 0 Å². The van der Waals surface area contributed by atoms with Crippen LogP contribution in [0.2, 0.25) is 0 Å². The first-order chi connectivity index (χ1) is 9.24. The lowest BCUT2D eigenvalue weighted by Crippen LogP contribution is -2.14. The van der Waals surface area contributed by atoms with Gasteiger partial charge in [-0.05, 0) is 31.9 Å². The average molecular weight is 252 g/mol. The van der Waals surface area contributed by atoms with Crippen LogP contribution in [-0.2, 0) is 4.79 Å². The lowest BCUT2D eigenvalue weighted by atomic mass is 9.96. The van der Waals surface area contributed by atoms with E-state index in [-0.39, 0.29) is 5.78 Å². The van der Waals surface area contributed by atoms with E-state index in [0.717, 1.165) is 40.7 Å². The standard InChI is InChI=1S/C16H16N2O/c1-11-14(7-4-8-16(11)19)18-13-9-12-5-2-3-6-15(12)17-10-13/h2-3,5-6,9-10,18H,4,7-8H2,1H3. The van der Waals surface area contributed by atoms with Crippen molar-refractivity contribution >= 4 is 22.4 Å². The minimum Gasteiger partial charge on any atom is -0.357 e. The second-order valence-electron chi connectivity index (χ2n) is 4.92. The number of para-hydroxylation sites is 1. The van der Waals surface area contributed by atoms with E-state index in [9.17, 15) is 4.79 Å². The van der Waals surface area contributed by atoms with E-state index in [1.807, 2.05) is 37.4 Å². The molecule has 0 amide bonds. The Kier molecular flexibility index (Phi) is 3.03. The van der Waals surface area contributed by atoms with E-state index < -0.39 is 0 Å². The molecule has 1 N–H and O–H groups in total. The Morgan fingerprint density at radius 1 is 1.21 bits per heavy atom. The highest BCUT2D eigenvalue weighted by Crippen LogP contribution is 2.24. The summed E-state index contributed by atoms with van der Waals surface area (Å²) in [5, 5.41) is 4.45. The largest absolute Gasteiger partial charge is 0.357 e. The van der Waals surface area contributed by atoms with Gasteiger partial charge < -0.3 is 5.32 Å². The molecule has 1 heterocycles. The molecule has 1 aliphatic rings. The van der Waals surface area contributed by atoms with E-state index in [4.69, 9.17) is 0 Å². The van der Waals surface area contributed by atoms with Gasteiger partial charge in [-0.1, -0.05) is 18.2 Å². The Balaban J connectivity index is 1.93. The lowest BCUT2D eigenvalue weighted by molar-refractivity contribution is -0.116. The number of benzene rings is 1. The second-order valence-corrected chi connectivity index (χ2v) is 4.92. The highest BCUT2D eigenvalue weighted by atomic mass is 16.1. The molecular weight excluding hydrogens is 236 g/mol. The van der Waals surface area contributed by atoms with Crippen molar-refractivity contribution in [3.8, 4) is 0 Å². The molecule has 3 heteroatoms. The Morgan fingerprint density at radius 3 is 2.95 bits per heavy atom. The van der Waals surface area contributed by atoms with Crippen LogP contribution in [0.25, 0.3) is 10.9 Å². The monoisotopic (exact) mass is 252 g/mol. The van der Waals surface area contributed by atoms with E-state index in [1.54, 1.807) is 0 Å². The van der Waals surface area contributed by atoms with Gasteiger partial charge in [-0.25, -0.2) is 0 Å². The van der Waals surface area contributed by atoms with Crippen molar-refractivity contribution in [2.45, 2.75) is 26.2 Å². The third kappa shape index (κ3) is 2.36. The van der Waals surface area contributed by atoms with Crippen LogP contribution in [0.3, 0.4) is 0 Å².